The first-order chi connectivity index (χ1) is 16.1. The summed E-state index contributed by atoms with van der Waals surface area (Å²) in [7, 11) is 0. The number of carbonyl (C=O) groups excluding carboxylic acids is 2. The van der Waals surface area contributed by atoms with Gasteiger partial charge in [0.15, 0.2) is 11.5 Å². The average molecular weight is 487 g/mol. The van der Waals surface area contributed by atoms with Crippen molar-refractivity contribution < 1.29 is 19.1 Å². The Kier molecular flexibility index (Phi) is 6.69. The van der Waals surface area contributed by atoms with Crippen LogP contribution in [0.4, 0.5) is 0 Å². The van der Waals surface area contributed by atoms with E-state index in [0.29, 0.717) is 40.3 Å². The first kappa shape index (κ1) is 22.4. The van der Waals surface area contributed by atoms with Gasteiger partial charge in [0, 0.05) is 22.9 Å². The number of hydrogen-bond acceptors (Lipinski definition) is 5. The zero-order valence-electron chi connectivity index (χ0n) is 18.3. The van der Waals surface area contributed by atoms with Crippen LogP contribution in [0.1, 0.15) is 48.0 Å². The minimum absolute atomic E-state index is 0.0229. The zero-order chi connectivity index (χ0) is 22.8. The minimum atomic E-state index is -0.501. The number of amides is 2. The van der Waals surface area contributed by atoms with Crippen LogP contribution in [-0.4, -0.2) is 40.7 Å². The first-order valence-electron chi connectivity index (χ1n) is 11.5. The van der Waals surface area contributed by atoms with E-state index >= 15 is 0 Å². The highest BCUT2D eigenvalue weighted by Gasteiger charge is 2.45. The first-order valence-corrected chi connectivity index (χ1v) is 12.9. The van der Waals surface area contributed by atoms with Crippen molar-refractivity contribution in [2.75, 3.05) is 12.5 Å². The fraction of sp³-hybridized carbons (Fsp3) is 0.440. The topological polar surface area (TPSA) is 67.9 Å². The van der Waals surface area contributed by atoms with Crippen molar-refractivity contribution in [1.29, 1.82) is 0 Å². The van der Waals surface area contributed by atoms with Crippen LogP contribution in [0, 0.1) is 5.92 Å². The van der Waals surface area contributed by atoms with Crippen LogP contribution in [-0.2, 0) is 11.3 Å². The molecule has 33 heavy (non-hydrogen) atoms. The van der Waals surface area contributed by atoms with Gasteiger partial charge in [-0.25, -0.2) is 0 Å². The van der Waals surface area contributed by atoms with Crippen molar-refractivity contribution in [3.63, 3.8) is 0 Å². The maximum Gasteiger partial charge on any atom is 0.255 e. The molecule has 2 aromatic rings. The molecule has 2 fully saturated rings. The summed E-state index contributed by atoms with van der Waals surface area (Å²) in [5.41, 5.74) is 1.49. The molecule has 1 N–H and O–H groups in total. The van der Waals surface area contributed by atoms with Crippen LogP contribution in [0.25, 0.3) is 0 Å². The van der Waals surface area contributed by atoms with Crippen molar-refractivity contribution >= 4 is 35.2 Å². The fourth-order valence-electron chi connectivity index (χ4n) is 4.87. The molecule has 3 aliphatic rings. The smallest absolute Gasteiger partial charge is 0.255 e. The Labute approximate surface area is 203 Å². The van der Waals surface area contributed by atoms with Gasteiger partial charge < -0.3 is 19.7 Å². The molecule has 2 heterocycles. The summed E-state index contributed by atoms with van der Waals surface area (Å²) in [6, 6.07) is 12.1. The third-order valence-corrected chi connectivity index (χ3v) is 8.33. The van der Waals surface area contributed by atoms with Gasteiger partial charge in [-0.3, -0.25) is 9.59 Å². The summed E-state index contributed by atoms with van der Waals surface area (Å²) in [5, 5.41) is 3.65. The molecule has 1 aliphatic carbocycles. The van der Waals surface area contributed by atoms with Crippen LogP contribution in [0.5, 0.6) is 11.5 Å². The van der Waals surface area contributed by atoms with E-state index in [1.165, 1.54) is 19.3 Å². The van der Waals surface area contributed by atoms with E-state index in [2.05, 4.69) is 5.32 Å². The average Bonchev–Trinajstić information content (AvgIpc) is 3.50. The molecule has 8 heteroatoms. The van der Waals surface area contributed by atoms with Gasteiger partial charge in [0.05, 0.1) is 5.37 Å². The maximum absolute atomic E-state index is 13.6. The van der Waals surface area contributed by atoms with Crippen molar-refractivity contribution in [1.82, 2.24) is 10.2 Å². The molecule has 0 bridgehead atoms. The second-order valence-corrected chi connectivity index (χ2v) is 10.3. The number of halogens is 1. The monoisotopic (exact) mass is 486 g/mol. The largest absolute Gasteiger partial charge is 0.454 e. The van der Waals surface area contributed by atoms with Crippen molar-refractivity contribution in [3.8, 4) is 11.5 Å². The van der Waals surface area contributed by atoms with Gasteiger partial charge in [-0.05, 0) is 60.7 Å². The summed E-state index contributed by atoms with van der Waals surface area (Å²) < 4.78 is 10.8. The quantitative estimate of drug-likeness (QED) is 0.654. The molecule has 0 radical (unpaired) electrons. The van der Waals surface area contributed by atoms with Gasteiger partial charge in [-0.15, -0.1) is 11.8 Å². The summed E-state index contributed by atoms with van der Waals surface area (Å²) in [6.07, 6.45) is 5.83. The van der Waals surface area contributed by atoms with Crippen LogP contribution in [0.3, 0.4) is 0 Å². The molecule has 5 rings (SSSR count). The Bertz CT molecular complexity index is 1030. The zero-order valence-corrected chi connectivity index (χ0v) is 19.9. The Morgan fingerprint density at radius 2 is 1.79 bits per heavy atom. The van der Waals surface area contributed by atoms with Crippen LogP contribution in [0.15, 0.2) is 42.5 Å². The maximum atomic E-state index is 13.6. The molecule has 2 aromatic carbocycles. The molecular formula is C25H27ClN2O4S. The predicted molar refractivity (Wildman–Crippen MR) is 129 cm³/mol. The third kappa shape index (κ3) is 4.80. The minimum Gasteiger partial charge on any atom is -0.454 e. The standard InChI is InChI=1S/C25H27ClN2O4S/c26-19-9-7-17(8-10-19)24(30)28-20(14-33-25(28)18-4-2-1-3-5-18)23(29)27-13-16-6-11-21-22(12-16)32-15-31-21/h6-12,18,20,25H,1-5,13-15H2,(H,27,29). The molecule has 174 valence electrons. The Hall–Kier alpha value is -2.38. The van der Waals surface area contributed by atoms with Gasteiger partial charge >= 0.3 is 0 Å². The molecular weight excluding hydrogens is 460 g/mol. The van der Waals surface area contributed by atoms with E-state index in [4.69, 9.17) is 21.1 Å². The molecule has 0 aromatic heterocycles. The number of thioether (sulfide) groups is 1. The highest BCUT2D eigenvalue weighted by molar-refractivity contribution is 8.00. The van der Waals surface area contributed by atoms with Gasteiger partial charge in [0.2, 0.25) is 12.7 Å². The summed E-state index contributed by atoms with van der Waals surface area (Å²) in [5.74, 6) is 2.21. The SMILES string of the molecule is O=C(NCc1ccc2c(c1)OCO2)C1CSC(C2CCCCC2)N1C(=O)c1ccc(Cl)cc1. The molecule has 1 saturated heterocycles. The Morgan fingerprint density at radius 3 is 2.58 bits per heavy atom. The molecule has 2 aliphatic heterocycles. The van der Waals surface area contributed by atoms with E-state index in [-0.39, 0.29) is 24.0 Å². The lowest BCUT2D eigenvalue weighted by molar-refractivity contribution is -0.125. The Morgan fingerprint density at radius 1 is 1.03 bits per heavy atom. The summed E-state index contributed by atoms with van der Waals surface area (Å²) in [6.45, 7) is 0.586. The van der Waals surface area contributed by atoms with E-state index in [1.807, 2.05) is 23.1 Å². The number of fused-ring (bicyclic) bond motifs is 1. The normalized spacial score (nSPS) is 22.4. The second kappa shape index (κ2) is 9.85. The second-order valence-electron chi connectivity index (χ2n) is 8.76. The lowest BCUT2D eigenvalue weighted by Crippen LogP contribution is -2.51. The van der Waals surface area contributed by atoms with Crippen LogP contribution >= 0.6 is 23.4 Å². The summed E-state index contributed by atoms with van der Waals surface area (Å²) in [4.78, 5) is 28.7. The van der Waals surface area contributed by atoms with Gasteiger partial charge in [-0.1, -0.05) is 36.9 Å². The van der Waals surface area contributed by atoms with Gasteiger partial charge in [-0.2, -0.15) is 0 Å². The fourth-order valence-corrected chi connectivity index (χ4v) is 6.63. The molecule has 6 nitrogen and oxygen atoms in total. The van der Waals surface area contributed by atoms with E-state index in [0.717, 1.165) is 18.4 Å². The van der Waals surface area contributed by atoms with E-state index in [1.54, 1.807) is 36.0 Å². The highest BCUT2D eigenvalue weighted by Crippen LogP contribution is 2.41. The van der Waals surface area contributed by atoms with E-state index < -0.39 is 6.04 Å². The van der Waals surface area contributed by atoms with Crippen LogP contribution in [0.2, 0.25) is 5.02 Å². The number of benzene rings is 2. The number of rotatable bonds is 5. The number of carbonyl (C=O) groups is 2. The molecule has 0 spiro atoms. The lowest BCUT2D eigenvalue weighted by atomic mass is 9.88. The molecule has 2 amide bonds. The van der Waals surface area contributed by atoms with Crippen molar-refractivity contribution in [2.24, 2.45) is 5.92 Å². The van der Waals surface area contributed by atoms with Crippen molar-refractivity contribution in [2.45, 2.75) is 50.1 Å². The third-order valence-electron chi connectivity index (χ3n) is 6.62. The number of hydrogen-bond donors (Lipinski definition) is 1. The Balaban J connectivity index is 1.33. The number of nitrogens with one attached hydrogen (secondary N) is 1. The van der Waals surface area contributed by atoms with Gasteiger partial charge in [0.1, 0.15) is 6.04 Å². The molecule has 1 saturated carbocycles. The summed E-state index contributed by atoms with van der Waals surface area (Å²) >= 11 is 7.77. The van der Waals surface area contributed by atoms with Gasteiger partial charge in [0.25, 0.3) is 5.91 Å². The van der Waals surface area contributed by atoms with Crippen LogP contribution < -0.4 is 14.8 Å². The van der Waals surface area contributed by atoms with Crippen molar-refractivity contribution in [3.05, 3.63) is 58.6 Å². The highest BCUT2D eigenvalue weighted by atomic mass is 35.5. The van der Waals surface area contributed by atoms with E-state index in [9.17, 15) is 9.59 Å². The number of nitrogens with zero attached hydrogens (tertiary/aromatic N) is 1. The molecule has 2 atom stereocenters. The molecule has 2 unspecified atom stereocenters. The lowest BCUT2D eigenvalue weighted by Gasteiger charge is -2.35. The number of ether oxygens (including phenoxy) is 2. The predicted octanol–water partition coefficient (Wildman–Crippen LogP) is 4.85.